The maximum Gasteiger partial charge on any atom is 0.326 e. The largest absolute Gasteiger partial charge is 0.480 e. The molecule has 3 aromatic rings. The number of carbonyl (C=O) groups excluding carboxylic acids is 4. The van der Waals surface area contributed by atoms with E-state index >= 15 is 0 Å². The van der Waals surface area contributed by atoms with Crippen LogP contribution in [0.15, 0.2) is 43.0 Å². The lowest BCUT2D eigenvalue weighted by Crippen LogP contribution is -2.57. The van der Waals surface area contributed by atoms with Gasteiger partial charge in [0, 0.05) is 41.8 Å². The third-order valence-corrected chi connectivity index (χ3v) is 6.94. The molecule has 0 aliphatic carbocycles. The molecule has 0 fully saturated rings. The van der Waals surface area contributed by atoms with Crippen molar-refractivity contribution in [1.82, 2.24) is 30.9 Å². The number of nitrogens with one attached hydrogen (secondary N) is 5. The Balaban J connectivity index is 1.71. The van der Waals surface area contributed by atoms with E-state index in [0.717, 1.165) is 16.5 Å². The molecule has 0 aliphatic heterocycles. The Labute approximate surface area is 247 Å². The van der Waals surface area contributed by atoms with Crippen molar-refractivity contribution >= 4 is 40.5 Å². The summed E-state index contributed by atoms with van der Waals surface area (Å²) < 4.78 is 0. The highest BCUT2D eigenvalue weighted by Gasteiger charge is 2.31. The van der Waals surface area contributed by atoms with Crippen LogP contribution in [-0.2, 0) is 36.8 Å². The molecule has 0 bridgehead atoms. The summed E-state index contributed by atoms with van der Waals surface area (Å²) in [6.45, 7) is 0.374. The number of nitrogens with two attached hydrogens (primary N) is 3. The quantitative estimate of drug-likeness (QED) is 0.0807. The molecule has 4 atom stereocenters. The van der Waals surface area contributed by atoms with Gasteiger partial charge in [-0.25, -0.2) is 9.78 Å². The van der Waals surface area contributed by atoms with Crippen molar-refractivity contribution in [1.29, 1.82) is 0 Å². The van der Waals surface area contributed by atoms with Crippen LogP contribution in [-0.4, -0.2) is 80.4 Å². The average Bonchev–Trinajstić information content (AvgIpc) is 3.64. The molecule has 2 aromatic heterocycles. The topological polar surface area (TPSA) is 264 Å². The number of aromatic amines is 2. The minimum Gasteiger partial charge on any atom is -0.480 e. The molecule has 15 nitrogen and oxygen atoms in total. The highest BCUT2D eigenvalue weighted by molar-refractivity contribution is 5.94. The first-order valence-electron chi connectivity index (χ1n) is 14.0. The molecule has 43 heavy (non-hydrogen) atoms. The first-order valence-corrected chi connectivity index (χ1v) is 14.0. The highest BCUT2D eigenvalue weighted by Crippen LogP contribution is 2.19. The summed E-state index contributed by atoms with van der Waals surface area (Å²) >= 11 is 0. The molecule has 2 heterocycles. The fraction of sp³-hybridized carbons (Fsp3) is 0.429. The van der Waals surface area contributed by atoms with Gasteiger partial charge in [-0.3, -0.25) is 19.2 Å². The van der Waals surface area contributed by atoms with Crippen molar-refractivity contribution in [2.75, 3.05) is 6.54 Å². The zero-order valence-corrected chi connectivity index (χ0v) is 23.7. The summed E-state index contributed by atoms with van der Waals surface area (Å²) in [6.07, 6.45) is 5.54. The molecular weight excluding hydrogens is 558 g/mol. The molecule has 0 aliphatic rings. The molecule has 0 saturated heterocycles. The number of aliphatic carboxylic acids is 1. The van der Waals surface area contributed by atoms with Crippen LogP contribution in [0.25, 0.3) is 10.9 Å². The smallest absolute Gasteiger partial charge is 0.326 e. The molecule has 232 valence electrons. The maximum absolute atomic E-state index is 13.4. The number of imidazole rings is 1. The second kappa shape index (κ2) is 16.0. The van der Waals surface area contributed by atoms with Crippen molar-refractivity contribution in [2.24, 2.45) is 17.2 Å². The van der Waals surface area contributed by atoms with Crippen LogP contribution in [0.5, 0.6) is 0 Å². The van der Waals surface area contributed by atoms with E-state index in [0.29, 0.717) is 25.1 Å². The first kappa shape index (κ1) is 32.8. The summed E-state index contributed by atoms with van der Waals surface area (Å²) in [5, 5.41) is 18.2. The Morgan fingerprint density at radius 1 is 0.884 bits per heavy atom. The van der Waals surface area contributed by atoms with Gasteiger partial charge < -0.3 is 48.2 Å². The Morgan fingerprint density at radius 2 is 1.56 bits per heavy atom. The van der Waals surface area contributed by atoms with Crippen LogP contribution in [0, 0.1) is 0 Å². The number of carbonyl (C=O) groups is 5. The molecule has 0 saturated carbocycles. The van der Waals surface area contributed by atoms with Crippen molar-refractivity contribution < 1.29 is 29.1 Å². The number of H-pyrrole nitrogens is 2. The summed E-state index contributed by atoms with van der Waals surface area (Å²) in [6, 6.07) is 2.89. The van der Waals surface area contributed by atoms with Crippen LogP contribution in [0.4, 0.5) is 0 Å². The van der Waals surface area contributed by atoms with Gasteiger partial charge in [-0.15, -0.1) is 0 Å². The number of hydrogen-bond donors (Lipinski definition) is 9. The Bertz CT molecular complexity index is 1390. The molecule has 0 spiro atoms. The van der Waals surface area contributed by atoms with Gasteiger partial charge in [0.2, 0.25) is 23.6 Å². The lowest BCUT2D eigenvalue weighted by Gasteiger charge is -2.25. The minimum absolute atomic E-state index is 0.0936. The number of amides is 4. The number of hydrogen-bond acceptors (Lipinski definition) is 8. The number of benzene rings is 1. The highest BCUT2D eigenvalue weighted by atomic mass is 16.4. The van der Waals surface area contributed by atoms with Crippen LogP contribution in [0.3, 0.4) is 0 Å². The van der Waals surface area contributed by atoms with Crippen LogP contribution in [0.1, 0.15) is 43.4 Å². The molecule has 12 N–H and O–H groups in total. The van der Waals surface area contributed by atoms with Crippen molar-refractivity contribution in [2.45, 2.75) is 69.1 Å². The van der Waals surface area contributed by atoms with Gasteiger partial charge in [-0.1, -0.05) is 18.2 Å². The molecular formula is C28H39N9O6. The predicted octanol–water partition coefficient (Wildman–Crippen LogP) is -1.06. The standard InChI is InChI=1S/C28H39N9O6/c29-10-4-3-7-21(35-25(39)19(30)11-16-13-33-20-6-2-1-5-18(16)20)26(40)36-22(8-9-24(31)38)27(41)37-23(28(42)43)12-17-14-32-15-34-17/h1-2,5-6,13-15,19,21-23,33H,3-4,7-12,29-30H2,(H2,31,38)(H,32,34)(H,35,39)(H,36,40)(H,37,41)(H,42,43). The van der Waals surface area contributed by atoms with Crippen LogP contribution >= 0.6 is 0 Å². The van der Waals surface area contributed by atoms with Crippen LogP contribution < -0.4 is 33.2 Å². The molecule has 4 unspecified atom stereocenters. The molecule has 15 heteroatoms. The van der Waals surface area contributed by atoms with Gasteiger partial charge in [-0.2, -0.15) is 0 Å². The van der Waals surface area contributed by atoms with Gasteiger partial charge in [-0.05, 0) is 50.3 Å². The summed E-state index contributed by atoms with van der Waals surface area (Å²) in [5.41, 5.74) is 19.3. The van der Waals surface area contributed by atoms with Crippen LogP contribution in [0.2, 0.25) is 0 Å². The van der Waals surface area contributed by atoms with Gasteiger partial charge in [0.25, 0.3) is 0 Å². The number of carboxylic acid groups (broad SMARTS) is 1. The summed E-state index contributed by atoms with van der Waals surface area (Å²) in [4.78, 5) is 72.7. The van der Waals surface area contributed by atoms with E-state index in [9.17, 15) is 29.1 Å². The van der Waals surface area contributed by atoms with Crippen molar-refractivity contribution in [3.63, 3.8) is 0 Å². The van der Waals surface area contributed by atoms with E-state index in [-0.39, 0.29) is 32.1 Å². The number of fused-ring (bicyclic) bond motifs is 1. The van der Waals surface area contributed by atoms with E-state index in [1.54, 1.807) is 6.20 Å². The number of primary amides is 1. The number of unbranched alkanes of at least 4 members (excludes halogenated alkanes) is 1. The Morgan fingerprint density at radius 3 is 2.21 bits per heavy atom. The fourth-order valence-electron chi connectivity index (χ4n) is 4.59. The zero-order valence-electron chi connectivity index (χ0n) is 23.7. The molecule has 1 aromatic carbocycles. The van der Waals surface area contributed by atoms with E-state index in [2.05, 4.69) is 30.9 Å². The Hall–Kier alpha value is -4.76. The van der Waals surface area contributed by atoms with E-state index < -0.39 is 53.8 Å². The SMILES string of the molecule is NCCCCC(NC(=O)C(N)Cc1c[nH]c2ccccc12)C(=O)NC(CCC(N)=O)C(=O)NC(Cc1cnc[nH]1)C(=O)O. The van der Waals surface area contributed by atoms with Crippen molar-refractivity contribution in [3.8, 4) is 0 Å². The van der Waals surface area contributed by atoms with E-state index in [1.165, 1.54) is 12.5 Å². The lowest BCUT2D eigenvalue weighted by atomic mass is 10.0. The fourth-order valence-corrected chi connectivity index (χ4v) is 4.59. The second-order valence-corrected chi connectivity index (χ2v) is 10.3. The third-order valence-electron chi connectivity index (χ3n) is 6.94. The normalized spacial score (nSPS) is 13.9. The monoisotopic (exact) mass is 597 g/mol. The van der Waals surface area contributed by atoms with Crippen molar-refractivity contribution in [3.05, 3.63) is 54.2 Å². The zero-order chi connectivity index (χ0) is 31.4. The Kier molecular flexibility index (Phi) is 12.2. The predicted molar refractivity (Wildman–Crippen MR) is 157 cm³/mol. The lowest BCUT2D eigenvalue weighted by molar-refractivity contribution is -0.142. The number of para-hydroxylation sites is 1. The van der Waals surface area contributed by atoms with Gasteiger partial charge in [0.15, 0.2) is 0 Å². The van der Waals surface area contributed by atoms with Gasteiger partial charge in [0.1, 0.15) is 18.1 Å². The van der Waals surface area contributed by atoms with E-state index in [4.69, 9.17) is 17.2 Å². The molecule has 0 radical (unpaired) electrons. The van der Waals surface area contributed by atoms with E-state index in [1.807, 2.05) is 24.3 Å². The van der Waals surface area contributed by atoms with Gasteiger partial charge in [0.05, 0.1) is 12.4 Å². The average molecular weight is 598 g/mol. The first-order chi connectivity index (χ1) is 20.6. The number of rotatable bonds is 18. The number of nitrogens with zero attached hydrogens (tertiary/aromatic N) is 1. The molecule has 4 amide bonds. The summed E-state index contributed by atoms with van der Waals surface area (Å²) in [5.74, 6) is -4.12. The maximum atomic E-state index is 13.4. The third kappa shape index (κ3) is 9.93. The van der Waals surface area contributed by atoms with Gasteiger partial charge >= 0.3 is 5.97 Å². The number of aromatic nitrogens is 3. The number of carboxylic acids is 1. The summed E-state index contributed by atoms with van der Waals surface area (Å²) in [7, 11) is 0. The molecule has 3 rings (SSSR count). The minimum atomic E-state index is -1.34. The second-order valence-electron chi connectivity index (χ2n) is 10.3.